The summed E-state index contributed by atoms with van der Waals surface area (Å²) in [6, 6.07) is 5.64. The van der Waals surface area contributed by atoms with Gasteiger partial charge in [0, 0.05) is 18.3 Å². The predicted molar refractivity (Wildman–Crippen MR) is 98.7 cm³/mol. The Bertz CT molecular complexity index is 796. The van der Waals surface area contributed by atoms with Crippen LogP contribution >= 0.6 is 0 Å². The number of urea groups is 1. The second-order valence-corrected chi connectivity index (χ2v) is 6.80. The van der Waals surface area contributed by atoms with Gasteiger partial charge in [-0.15, -0.1) is 0 Å². The van der Waals surface area contributed by atoms with Gasteiger partial charge in [-0.1, -0.05) is 25.8 Å². The van der Waals surface area contributed by atoms with Crippen LogP contribution in [0.25, 0.3) is 0 Å². The number of rotatable bonds is 4. The number of carbonyl (C=O) groups excluding carboxylic acids is 4. The van der Waals surface area contributed by atoms with Crippen LogP contribution in [0, 0.1) is 0 Å². The van der Waals surface area contributed by atoms with Gasteiger partial charge in [0.15, 0.2) is 0 Å². The first-order valence-electron chi connectivity index (χ1n) is 8.86. The number of hydrogen-bond donors (Lipinski definition) is 2. The third kappa shape index (κ3) is 3.42. The van der Waals surface area contributed by atoms with Crippen molar-refractivity contribution in [2.75, 3.05) is 11.9 Å². The van der Waals surface area contributed by atoms with E-state index in [9.17, 15) is 19.2 Å². The van der Waals surface area contributed by atoms with Gasteiger partial charge in [0.05, 0.1) is 0 Å². The summed E-state index contributed by atoms with van der Waals surface area (Å²) < 4.78 is 0. The molecule has 2 N–H and O–H groups in total. The average Bonchev–Trinajstić information content (AvgIpc) is 2.91. The van der Waals surface area contributed by atoms with Crippen LogP contribution < -0.4 is 15.6 Å². The van der Waals surface area contributed by atoms with Crippen molar-refractivity contribution in [2.24, 2.45) is 0 Å². The zero-order valence-electron chi connectivity index (χ0n) is 15.2. The van der Waals surface area contributed by atoms with Crippen LogP contribution in [0.3, 0.4) is 0 Å². The van der Waals surface area contributed by atoms with E-state index in [0.29, 0.717) is 18.5 Å². The van der Waals surface area contributed by atoms with Gasteiger partial charge in [-0.25, -0.2) is 4.79 Å². The SMILES string of the molecule is C=CC(=O)N(C)c1ccc(C(=O)NN2C(=O)NC3(CCCCC3)C2=O)cc1. The quantitative estimate of drug-likeness (QED) is 0.623. The Morgan fingerprint density at radius 2 is 1.81 bits per heavy atom. The molecule has 2 fully saturated rings. The lowest BCUT2D eigenvalue weighted by molar-refractivity contribution is -0.134. The molecule has 1 heterocycles. The topological polar surface area (TPSA) is 98.8 Å². The molecule has 8 heteroatoms. The predicted octanol–water partition coefficient (Wildman–Crippen LogP) is 1.73. The van der Waals surface area contributed by atoms with Gasteiger partial charge in [-0.3, -0.25) is 19.8 Å². The molecule has 1 spiro atoms. The summed E-state index contributed by atoms with van der Waals surface area (Å²) in [6.45, 7) is 3.43. The maximum absolute atomic E-state index is 12.7. The Balaban J connectivity index is 1.70. The van der Waals surface area contributed by atoms with Crippen LogP contribution in [-0.2, 0) is 9.59 Å². The Morgan fingerprint density at radius 3 is 2.41 bits per heavy atom. The van der Waals surface area contributed by atoms with E-state index < -0.39 is 23.4 Å². The number of anilines is 1. The molecule has 1 saturated heterocycles. The molecule has 1 aromatic carbocycles. The molecule has 0 atom stereocenters. The van der Waals surface area contributed by atoms with Gasteiger partial charge in [0.25, 0.3) is 11.8 Å². The molecule has 142 valence electrons. The molecule has 1 aliphatic carbocycles. The number of nitrogens with zero attached hydrogens (tertiary/aromatic N) is 2. The number of imide groups is 1. The van der Waals surface area contributed by atoms with E-state index in [2.05, 4.69) is 17.3 Å². The lowest BCUT2D eigenvalue weighted by atomic mass is 9.82. The van der Waals surface area contributed by atoms with E-state index in [1.807, 2.05) is 0 Å². The number of likely N-dealkylation sites (N-methyl/N-ethyl adjacent to an activating group) is 1. The largest absolute Gasteiger partial charge is 0.344 e. The molecule has 8 nitrogen and oxygen atoms in total. The summed E-state index contributed by atoms with van der Waals surface area (Å²) >= 11 is 0. The average molecular weight is 370 g/mol. The smallest absolute Gasteiger partial charge is 0.322 e. The highest BCUT2D eigenvalue weighted by atomic mass is 16.2. The lowest BCUT2D eigenvalue weighted by Gasteiger charge is -2.30. The molecule has 1 aliphatic heterocycles. The van der Waals surface area contributed by atoms with Gasteiger partial charge >= 0.3 is 6.03 Å². The van der Waals surface area contributed by atoms with E-state index in [4.69, 9.17) is 0 Å². The first-order chi connectivity index (χ1) is 12.9. The van der Waals surface area contributed by atoms with Crippen molar-refractivity contribution < 1.29 is 19.2 Å². The molecule has 3 rings (SSSR count). The minimum absolute atomic E-state index is 0.267. The fraction of sp³-hybridized carbons (Fsp3) is 0.368. The van der Waals surface area contributed by atoms with E-state index in [-0.39, 0.29) is 11.5 Å². The molecule has 0 aromatic heterocycles. The summed E-state index contributed by atoms with van der Waals surface area (Å²) in [4.78, 5) is 50.3. The zero-order chi connectivity index (χ0) is 19.6. The molecule has 0 bridgehead atoms. The highest BCUT2D eigenvalue weighted by Gasteiger charge is 2.52. The van der Waals surface area contributed by atoms with Gasteiger partial charge in [0.2, 0.25) is 5.91 Å². The monoisotopic (exact) mass is 370 g/mol. The first kappa shape index (κ1) is 18.6. The third-order valence-electron chi connectivity index (χ3n) is 5.10. The third-order valence-corrected chi connectivity index (χ3v) is 5.10. The Hall–Kier alpha value is -3.16. The highest BCUT2D eigenvalue weighted by molar-refractivity contribution is 6.09. The van der Waals surface area contributed by atoms with Crippen LogP contribution in [0.4, 0.5) is 10.5 Å². The standard InChI is InChI=1S/C19H22N4O4/c1-3-15(24)22(2)14-9-7-13(8-10-14)16(25)21-23-17(26)19(20-18(23)27)11-5-4-6-12-19/h3,7-10H,1,4-6,11-12H2,2H3,(H,20,27)(H,21,25). The lowest BCUT2D eigenvalue weighted by Crippen LogP contribution is -2.50. The fourth-order valence-electron chi connectivity index (χ4n) is 3.48. The van der Waals surface area contributed by atoms with Crippen molar-refractivity contribution >= 4 is 29.4 Å². The van der Waals surface area contributed by atoms with Crippen LogP contribution in [-0.4, -0.2) is 41.3 Å². The van der Waals surface area contributed by atoms with Gasteiger partial charge in [-0.2, -0.15) is 5.01 Å². The number of nitrogens with one attached hydrogen (secondary N) is 2. The zero-order valence-corrected chi connectivity index (χ0v) is 15.2. The molecule has 0 unspecified atom stereocenters. The van der Waals surface area contributed by atoms with E-state index in [1.54, 1.807) is 19.2 Å². The second-order valence-electron chi connectivity index (χ2n) is 6.80. The number of amides is 5. The van der Waals surface area contributed by atoms with Crippen LogP contribution in [0.5, 0.6) is 0 Å². The van der Waals surface area contributed by atoms with Crippen molar-refractivity contribution in [1.82, 2.24) is 15.8 Å². The molecular formula is C19H22N4O4. The Labute approximate surface area is 157 Å². The molecule has 27 heavy (non-hydrogen) atoms. The molecule has 5 amide bonds. The maximum atomic E-state index is 12.7. The fourth-order valence-corrected chi connectivity index (χ4v) is 3.48. The number of hydrazine groups is 1. The highest BCUT2D eigenvalue weighted by Crippen LogP contribution is 2.33. The second kappa shape index (κ2) is 7.22. The molecule has 0 radical (unpaired) electrons. The number of carbonyl (C=O) groups is 4. The summed E-state index contributed by atoms with van der Waals surface area (Å²) in [7, 11) is 1.59. The Morgan fingerprint density at radius 1 is 1.19 bits per heavy atom. The van der Waals surface area contributed by atoms with E-state index >= 15 is 0 Å². The normalized spacial score (nSPS) is 18.2. The van der Waals surface area contributed by atoms with Gasteiger partial charge < -0.3 is 10.2 Å². The summed E-state index contributed by atoms with van der Waals surface area (Å²) in [5, 5.41) is 3.51. The number of hydrogen-bond acceptors (Lipinski definition) is 4. The van der Waals surface area contributed by atoms with Crippen molar-refractivity contribution in [3.8, 4) is 0 Å². The van der Waals surface area contributed by atoms with Gasteiger partial charge in [-0.05, 0) is 43.2 Å². The first-order valence-corrected chi connectivity index (χ1v) is 8.86. The van der Waals surface area contributed by atoms with E-state index in [1.165, 1.54) is 23.1 Å². The molecule has 1 saturated carbocycles. The van der Waals surface area contributed by atoms with Crippen molar-refractivity contribution in [1.29, 1.82) is 0 Å². The summed E-state index contributed by atoms with van der Waals surface area (Å²) in [5.41, 5.74) is 2.35. The number of benzene rings is 1. The molecular weight excluding hydrogens is 348 g/mol. The Kier molecular flexibility index (Phi) is 4.98. The van der Waals surface area contributed by atoms with Crippen molar-refractivity contribution in [2.45, 2.75) is 37.6 Å². The van der Waals surface area contributed by atoms with Crippen LogP contribution in [0.1, 0.15) is 42.5 Å². The van der Waals surface area contributed by atoms with Crippen LogP contribution in [0.15, 0.2) is 36.9 Å². The minimum Gasteiger partial charge on any atom is -0.322 e. The maximum Gasteiger partial charge on any atom is 0.344 e. The summed E-state index contributed by atoms with van der Waals surface area (Å²) in [5.74, 6) is -1.26. The van der Waals surface area contributed by atoms with Gasteiger partial charge in [0.1, 0.15) is 5.54 Å². The summed E-state index contributed by atoms with van der Waals surface area (Å²) in [6.07, 6.45) is 5.13. The molecule has 2 aliphatic rings. The van der Waals surface area contributed by atoms with E-state index in [0.717, 1.165) is 24.3 Å². The minimum atomic E-state index is -0.889. The molecule has 1 aromatic rings. The van der Waals surface area contributed by atoms with Crippen molar-refractivity contribution in [3.05, 3.63) is 42.5 Å². The van der Waals surface area contributed by atoms with Crippen molar-refractivity contribution in [3.63, 3.8) is 0 Å². The van der Waals surface area contributed by atoms with Crippen LogP contribution in [0.2, 0.25) is 0 Å².